The maximum atomic E-state index is 14.8. The molecule has 1 unspecified atom stereocenters. The number of benzene rings is 1. The highest BCUT2D eigenvalue weighted by Gasteiger charge is 2.37. The third kappa shape index (κ3) is 6.14. The molecule has 5 nitrogen and oxygen atoms in total. The summed E-state index contributed by atoms with van der Waals surface area (Å²) >= 11 is 6.29. The zero-order valence-corrected chi connectivity index (χ0v) is 20.4. The van der Waals surface area contributed by atoms with Crippen molar-refractivity contribution in [1.29, 1.82) is 0 Å². The number of hydrogen-bond donors (Lipinski definition) is 1. The number of allylic oxidation sites excluding steroid dienone is 4. The Morgan fingerprint density at radius 3 is 2.73 bits per heavy atom. The molecule has 0 radical (unpaired) electrons. The number of furan rings is 1. The Morgan fingerprint density at radius 2 is 2.05 bits per heavy atom. The van der Waals surface area contributed by atoms with E-state index in [1.807, 2.05) is 6.92 Å². The normalized spacial score (nSPS) is 16.7. The molecule has 3 heterocycles. The summed E-state index contributed by atoms with van der Waals surface area (Å²) in [5.74, 6) is -0.732. The summed E-state index contributed by atoms with van der Waals surface area (Å²) in [6, 6.07) is 6.51. The number of hydrogen-bond acceptors (Lipinski definition) is 4. The summed E-state index contributed by atoms with van der Waals surface area (Å²) in [6.45, 7) is 1.74. The summed E-state index contributed by atoms with van der Waals surface area (Å²) in [5, 5.41) is 4.33. The van der Waals surface area contributed by atoms with Crippen molar-refractivity contribution < 1.29 is 31.2 Å². The molecule has 37 heavy (non-hydrogen) atoms. The Balaban J connectivity index is 1.83. The Bertz CT molecular complexity index is 1310. The van der Waals surface area contributed by atoms with Gasteiger partial charge < -0.3 is 9.25 Å². The number of alkyl halides is 3. The van der Waals surface area contributed by atoms with Crippen molar-refractivity contribution in [3.05, 3.63) is 100 Å². The van der Waals surface area contributed by atoms with E-state index < -0.39 is 36.7 Å². The van der Waals surface area contributed by atoms with Gasteiger partial charge in [-0.1, -0.05) is 30.7 Å². The molecule has 1 aromatic carbocycles. The van der Waals surface area contributed by atoms with Crippen LogP contribution in [0.15, 0.2) is 71.3 Å². The van der Waals surface area contributed by atoms with E-state index in [0.717, 1.165) is 0 Å². The van der Waals surface area contributed by atoms with Crippen molar-refractivity contribution in [2.24, 2.45) is 0 Å². The van der Waals surface area contributed by atoms with Crippen LogP contribution in [0.5, 0.6) is 0 Å². The number of nitrogens with one attached hydrogen (secondary N) is 1. The third-order valence-electron chi connectivity index (χ3n) is 5.70. The van der Waals surface area contributed by atoms with Crippen molar-refractivity contribution in [3.8, 4) is 0 Å². The van der Waals surface area contributed by atoms with Crippen LogP contribution in [0.1, 0.15) is 48.4 Å². The Hall–Kier alpha value is -3.37. The number of hydroxylamine groups is 1. The minimum atomic E-state index is -4.44. The fourth-order valence-electron chi connectivity index (χ4n) is 3.99. The number of rotatable bonds is 9. The van der Waals surface area contributed by atoms with E-state index in [2.05, 4.69) is 10.6 Å². The summed E-state index contributed by atoms with van der Waals surface area (Å²) in [7, 11) is 0. The first-order chi connectivity index (χ1) is 17.7. The van der Waals surface area contributed by atoms with Crippen LogP contribution in [0.3, 0.4) is 0 Å². The molecule has 11 heteroatoms. The molecule has 0 saturated heterocycles. The summed E-state index contributed by atoms with van der Waals surface area (Å²) in [4.78, 5) is 5.73. The lowest BCUT2D eigenvalue weighted by Gasteiger charge is -2.14. The Labute approximate surface area is 214 Å². The van der Waals surface area contributed by atoms with Crippen molar-refractivity contribution in [3.63, 3.8) is 0 Å². The molecule has 1 N–H and O–H groups in total. The van der Waals surface area contributed by atoms with Crippen LogP contribution < -0.4 is 5.48 Å². The number of halogens is 6. The standard InChI is InChI=1S/C26H23ClF5N3O2/c1-2-3-6-16(28)11-13-35-20(10-12-26(30,31)32)17(15-33-35)25-23(21-9-5-14-36-21)24(34-37-25)22-18(27)7-4-8-19(22)29/h3-9,11,14-15,24,34H,2,10,12-13H2,1H3/b6-3-,16-11+. The van der Waals surface area contributed by atoms with Gasteiger partial charge in [-0.15, -0.1) is 5.48 Å². The average molecular weight is 540 g/mol. The van der Waals surface area contributed by atoms with Crippen molar-refractivity contribution in [1.82, 2.24) is 15.3 Å². The number of nitrogens with zero attached hydrogens (tertiary/aromatic N) is 2. The van der Waals surface area contributed by atoms with Crippen LogP contribution in [-0.4, -0.2) is 16.0 Å². The van der Waals surface area contributed by atoms with Gasteiger partial charge in [-0.25, -0.2) is 8.78 Å². The van der Waals surface area contributed by atoms with Crippen molar-refractivity contribution >= 4 is 22.9 Å². The van der Waals surface area contributed by atoms with E-state index in [4.69, 9.17) is 20.9 Å². The number of aromatic nitrogens is 2. The predicted molar refractivity (Wildman–Crippen MR) is 129 cm³/mol. The molecule has 2 aromatic heterocycles. The Kier molecular flexibility index (Phi) is 8.19. The zero-order valence-electron chi connectivity index (χ0n) is 19.7. The minimum absolute atomic E-state index is 0.0857. The van der Waals surface area contributed by atoms with Gasteiger partial charge in [-0.05, 0) is 49.3 Å². The molecular formula is C26H23ClF5N3O2. The van der Waals surface area contributed by atoms with Gasteiger partial charge in [-0.3, -0.25) is 4.68 Å². The predicted octanol–water partition coefficient (Wildman–Crippen LogP) is 7.73. The first kappa shape index (κ1) is 26.7. The molecule has 0 amide bonds. The van der Waals surface area contributed by atoms with Gasteiger partial charge in [0.05, 0.1) is 35.8 Å². The third-order valence-corrected chi connectivity index (χ3v) is 6.03. The topological polar surface area (TPSA) is 52.2 Å². The van der Waals surface area contributed by atoms with Gasteiger partial charge in [-0.2, -0.15) is 18.3 Å². The summed E-state index contributed by atoms with van der Waals surface area (Å²) in [6.07, 6.45) is 1.49. The molecule has 1 aliphatic heterocycles. The lowest BCUT2D eigenvalue weighted by atomic mass is 9.94. The van der Waals surface area contributed by atoms with Gasteiger partial charge in [0.15, 0.2) is 5.76 Å². The average Bonchev–Trinajstić information content (AvgIpc) is 3.58. The molecule has 1 atom stereocenters. The molecule has 4 rings (SSSR count). The maximum Gasteiger partial charge on any atom is 0.389 e. The van der Waals surface area contributed by atoms with Crippen LogP contribution in [0, 0.1) is 5.82 Å². The van der Waals surface area contributed by atoms with Gasteiger partial charge in [0.2, 0.25) is 0 Å². The first-order valence-electron chi connectivity index (χ1n) is 11.5. The summed E-state index contributed by atoms with van der Waals surface area (Å²) in [5.41, 5.74) is 3.54. The molecule has 3 aromatic rings. The van der Waals surface area contributed by atoms with E-state index in [9.17, 15) is 22.0 Å². The van der Waals surface area contributed by atoms with Crippen molar-refractivity contribution in [2.45, 2.75) is 44.9 Å². The molecule has 1 aliphatic rings. The largest absolute Gasteiger partial charge is 0.464 e. The van der Waals surface area contributed by atoms with Gasteiger partial charge >= 0.3 is 6.18 Å². The second kappa shape index (κ2) is 11.4. The molecule has 0 bridgehead atoms. The molecule has 0 aliphatic carbocycles. The second-order valence-electron chi connectivity index (χ2n) is 8.21. The summed E-state index contributed by atoms with van der Waals surface area (Å²) < 4.78 is 75.3. The first-order valence-corrected chi connectivity index (χ1v) is 11.9. The second-order valence-corrected chi connectivity index (χ2v) is 8.62. The Morgan fingerprint density at radius 1 is 1.24 bits per heavy atom. The van der Waals surface area contributed by atoms with Crippen molar-refractivity contribution in [2.75, 3.05) is 0 Å². The molecule has 0 spiro atoms. The van der Waals surface area contributed by atoms with E-state index >= 15 is 0 Å². The van der Waals surface area contributed by atoms with E-state index in [0.29, 0.717) is 17.8 Å². The van der Waals surface area contributed by atoms with Gasteiger partial charge in [0, 0.05) is 17.0 Å². The van der Waals surface area contributed by atoms with Crippen LogP contribution in [0.25, 0.3) is 11.3 Å². The fourth-order valence-corrected chi connectivity index (χ4v) is 4.26. The van der Waals surface area contributed by atoms with Gasteiger partial charge in [0.25, 0.3) is 0 Å². The van der Waals surface area contributed by atoms with Crippen LogP contribution in [-0.2, 0) is 17.8 Å². The monoisotopic (exact) mass is 539 g/mol. The highest BCUT2D eigenvalue weighted by atomic mass is 35.5. The van der Waals surface area contributed by atoms with E-state index in [1.165, 1.54) is 47.5 Å². The van der Waals surface area contributed by atoms with Crippen LogP contribution >= 0.6 is 11.6 Å². The van der Waals surface area contributed by atoms with Crippen LogP contribution in [0.4, 0.5) is 22.0 Å². The quantitative estimate of drug-likeness (QED) is 0.223. The SMILES string of the molecule is CC/C=C\C(F)=C/Cn1ncc(C2=C(c3ccco3)C(c3c(F)cccc3Cl)NO2)c1CCC(F)(F)F. The van der Waals surface area contributed by atoms with E-state index in [1.54, 1.807) is 18.2 Å². The molecule has 0 fully saturated rings. The van der Waals surface area contributed by atoms with E-state index in [-0.39, 0.29) is 34.1 Å². The molecule has 0 saturated carbocycles. The fraction of sp³-hybridized carbons (Fsp3) is 0.269. The maximum absolute atomic E-state index is 14.8. The minimum Gasteiger partial charge on any atom is -0.464 e. The highest BCUT2D eigenvalue weighted by molar-refractivity contribution is 6.31. The molecular weight excluding hydrogens is 517 g/mol. The molecule has 196 valence electrons. The zero-order chi connectivity index (χ0) is 26.6. The lowest BCUT2D eigenvalue weighted by Crippen LogP contribution is -2.16. The van der Waals surface area contributed by atoms with Crippen LogP contribution in [0.2, 0.25) is 5.02 Å². The van der Waals surface area contributed by atoms with Gasteiger partial charge in [0.1, 0.15) is 23.4 Å². The highest BCUT2D eigenvalue weighted by Crippen LogP contribution is 2.45. The smallest absolute Gasteiger partial charge is 0.389 e. The lowest BCUT2D eigenvalue weighted by molar-refractivity contribution is -0.134.